The maximum absolute atomic E-state index is 12.7. The number of imidazole rings is 2. The molecule has 4 aromatic heterocycles. The van der Waals surface area contributed by atoms with Crippen LogP contribution < -0.4 is 10.9 Å². The zero-order valence-electron chi connectivity index (χ0n) is 15.6. The van der Waals surface area contributed by atoms with Crippen LogP contribution in [0.15, 0.2) is 65.4 Å². The number of nitrogens with zero attached hydrogens (tertiary/aromatic N) is 3. The van der Waals surface area contributed by atoms with Crippen molar-refractivity contribution in [2.45, 2.75) is 13.5 Å². The average molecular weight is 402 g/mol. The predicted octanol–water partition coefficient (Wildman–Crippen LogP) is 4.09. The van der Waals surface area contributed by atoms with Gasteiger partial charge < -0.3 is 19.9 Å². The monoisotopic (exact) mass is 402 g/mol. The Morgan fingerprint density at radius 3 is 3.00 bits per heavy atom. The molecule has 3 N–H and O–H groups in total. The van der Waals surface area contributed by atoms with Crippen LogP contribution in [-0.2, 0) is 6.54 Å². The predicted molar refractivity (Wildman–Crippen MR) is 116 cm³/mol. The van der Waals surface area contributed by atoms with Crippen molar-refractivity contribution < 1.29 is 0 Å². The number of hydrogen-bond donors (Lipinski definition) is 3. The van der Waals surface area contributed by atoms with Gasteiger partial charge in [-0.3, -0.25) is 4.79 Å². The minimum absolute atomic E-state index is 0.187. The highest BCUT2D eigenvalue weighted by Crippen LogP contribution is 2.28. The van der Waals surface area contributed by atoms with Gasteiger partial charge in [-0.1, -0.05) is 6.07 Å². The molecule has 0 saturated heterocycles. The minimum Gasteiger partial charge on any atom is -0.379 e. The molecule has 0 fully saturated rings. The second-order valence-electron chi connectivity index (χ2n) is 6.74. The lowest BCUT2D eigenvalue weighted by Gasteiger charge is -2.08. The second-order valence-corrected chi connectivity index (χ2v) is 7.77. The molecule has 5 aromatic rings. The van der Waals surface area contributed by atoms with Crippen LogP contribution in [0.4, 0.5) is 5.69 Å². The van der Waals surface area contributed by atoms with Gasteiger partial charge in [-0.05, 0) is 42.1 Å². The van der Waals surface area contributed by atoms with Gasteiger partial charge in [0, 0.05) is 35.7 Å². The summed E-state index contributed by atoms with van der Waals surface area (Å²) in [4.78, 5) is 28.8. The van der Waals surface area contributed by atoms with Gasteiger partial charge in [0.05, 0.1) is 23.0 Å². The highest BCUT2D eigenvalue weighted by Gasteiger charge is 2.16. The normalized spacial score (nSPS) is 11.2. The molecule has 29 heavy (non-hydrogen) atoms. The molecule has 4 heterocycles. The van der Waals surface area contributed by atoms with E-state index in [0.29, 0.717) is 17.9 Å². The number of anilines is 1. The number of aromatic amines is 2. The maximum Gasteiger partial charge on any atom is 0.261 e. The quantitative estimate of drug-likeness (QED) is 0.413. The summed E-state index contributed by atoms with van der Waals surface area (Å²) >= 11 is 1.67. The third-order valence-electron chi connectivity index (χ3n) is 4.80. The Hall–Kier alpha value is -3.65. The van der Waals surface area contributed by atoms with Crippen molar-refractivity contribution in [3.63, 3.8) is 0 Å². The largest absolute Gasteiger partial charge is 0.379 e. The third kappa shape index (κ3) is 3.23. The summed E-state index contributed by atoms with van der Waals surface area (Å²) < 4.78 is 1.94. The summed E-state index contributed by atoms with van der Waals surface area (Å²) in [7, 11) is 0. The van der Waals surface area contributed by atoms with Gasteiger partial charge in [-0.2, -0.15) is 0 Å². The fraction of sp³-hybridized carbons (Fsp3) is 0.0952. The van der Waals surface area contributed by atoms with E-state index in [0.717, 1.165) is 28.0 Å². The van der Waals surface area contributed by atoms with E-state index in [2.05, 4.69) is 32.4 Å². The van der Waals surface area contributed by atoms with Gasteiger partial charge in [0.25, 0.3) is 5.56 Å². The van der Waals surface area contributed by atoms with Gasteiger partial charge in [0.1, 0.15) is 11.4 Å². The number of fused-ring (bicyclic) bond motifs is 1. The summed E-state index contributed by atoms with van der Waals surface area (Å²) in [5.41, 5.74) is 4.78. The Balaban J connectivity index is 1.58. The minimum atomic E-state index is -0.187. The van der Waals surface area contributed by atoms with Crippen LogP contribution in [0.5, 0.6) is 0 Å². The number of pyridine rings is 1. The summed E-state index contributed by atoms with van der Waals surface area (Å²) in [6, 6.07) is 10.0. The molecule has 0 unspecified atom stereocenters. The number of aryl methyl sites for hydroxylation is 1. The maximum atomic E-state index is 12.7. The van der Waals surface area contributed by atoms with Crippen molar-refractivity contribution in [2.75, 3.05) is 5.32 Å². The number of hydrogen-bond acceptors (Lipinski definition) is 5. The zero-order chi connectivity index (χ0) is 19.8. The molecule has 0 aliphatic carbocycles. The molecular formula is C21H18N6OS. The molecule has 0 bridgehead atoms. The standard InChI is InChI=1S/C21H18N6OS/c1-13-9-14(27-7-6-22-12-27)10-17-19(13)26-20(25-17)18-16(4-5-23-21(18)28)24-11-15-3-2-8-29-15/h2-10,12H,11H2,1H3,(H,25,26)(H2,23,24,28). The van der Waals surface area contributed by atoms with Crippen LogP contribution in [-0.4, -0.2) is 24.5 Å². The van der Waals surface area contributed by atoms with Crippen molar-refractivity contribution in [3.05, 3.63) is 81.4 Å². The van der Waals surface area contributed by atoms with Crippen molar-refractivity contribution in [1.82, 2.24) is 24.5 Å². The van der Waals surface area contributed by atoms with Gasteiger partial charge in [0.2, 0.25) is 0 Å². The lowest BCUT2D eigenvalue weighted by atomic mass is 10.2. The van der Waals surface area contributed by atoms with Gasteiger partial charge in [-0.15, -0.1) is 11.3 Å². The molecule has 5 rings (SSSR count). The first-order valence-electron chi connectivity index (χ1n) is 9.16. The molecule has 0 aliphatic heterocycles. The number of H-pyrrole nitrogens is 2. The van der Waals surface area contributed by atoms with Crippen LogP contribution in [0.25, 0.3) is 28.1 Å². The van der Waals surface area contributed by atoms with Crippen LogP contribution in [0.2, 0.25) is 0 Å². The highest BCUT2D eigenvalue weighted by atomic mass is 32.1. The summed E-state index contributed by atoms with van der Waals surface area (Å²) in [6.07, 6.45) is 7.04. The van der Waals surface area contributed by atoms with Crippen molar-refractivity contribution in [3.8, 4) is 17.1 Å². The number of nitrogens with one attached hydrogen (secondary N) is 3. The molecule has 0 spiro atoms. The van der Waals surface area contributed by atoms with E-state index in [4.69, 9.17) is 4.98 Å². The molecule has 8 heteroatoms. The number of rotatable bonds is 5. The first-order chi connectivity index (χ1) is 14.2. The molecule has 0 aliphatic rings. The molecule has 1 aromatic carbocycles. The molecule has 144 valence electrons. The number of benzene rings is 1. The summed E-state index contributed by atoms with van der Waals surface area (Å²) in [5, 5.41) is 5.40. The number of thiophene rings is 1. The number of aromatic nitrogens is 5. The Labute approximate surface area is 170 Å². The smallest absolute Gasteiger partial charge is 0.261 e. The zero-order valence-corrected chi connectivity index (χ0v) is 16.5. The van der Waals surface area contributed by atoms with Crippen LogP contribution in [0.3, 0.4) is 0 Å². The van der Waals surface area contributed by atoms with Crippen LogP contribution in [0.1, 0.15) is 10.4 Å². The van der Waals surface area contributed by atoms with Gasteiger partial charge in [-0.25, -0.2) is 9.97 Å². The third-order valence-corrected chi connectivity index (χ3v) is 5.67. The van der Waals surface area contributed by atoms with E-state index in [1.807, 2.05) is 41.3 Å². The molecule has 0 radical (unpaired) electrons. The van der Waals surface area contributed by atoms with E-state index in [9.17, 15) is 4.79 Å². The fourth-order valence-electron chi connectivity index (χ4n) is 3.41. The van der Waals surface area contributed by atoms with Crippen molar-refractivity contribution in [2.24, 2.45) is 0 Å². The van der Waals surface area contributed by atoms with E-state index < -0.39 is 0 Å². The van der Waals surface area contributed by atoms with Gasteiger partial charge in [0.15, 0.2) is 0 Å². The second kappa shape index (κ2) is 7.06. The van der Waals surface area contributed by atoms with Crippen molar-refractivity contribution >= 4 is 28.1 Å². The van der Waals surface area contributed by atoms with Crippen molar-refractivity contribution in [1.29, 1.82) is 0 Å². The molecule has 7 nitrogen and oxygen atoms in total. The Morgan fingerprint density at radius 1 is 1.28 bits per heavy atom. The fourth-order valence-corrected chi connectivity index (χ4v) is 4.05. The Bertz CT molecular complexity index is 1330. The van der Waals surface area contributed by atoms with Crippen LogP contribution >= 0.6 is 11.3 Å². The lowest BCUT2D eigenvalue weighted by molar-refractivity contribution is 1.06. The van der Waals surface area contributed by atoms with E-state index in [1.54, 1.807) is 30.1 Å². The van der Waals surface area contributed by atoms with E-state index in [1.165, 1.54) is 4.88 Å². The first kappa shape index (κ1) is 17.4. The van der Waals surface area contributed by atoms with E-state index in [-0.39, 0.29) is 5.56 Å². The Kier molecular flexibility index (Phi) is 4.25. The average Bonchev–Trinajstić information content (AvgIpc) is 3.47. The summed E-state index contributed by atoms with van der Waals surface area (Å²) in [6.45, 7) is 2.66. The molecule has 0 atom stereocenters. The Morgan fingerprint density at radius 2 is 2.21 bits per heavy atom. The highest BCUT2D eigenvalue weighted by molar-refractivity contribution is 7.09. The SMILES string of the molecule is Cc1cc(-n2ccnc2)cc2[nH]c(-c3c(NCc4cccs4)cc[nH]c3=O)nc12. The summed E-state index contributed by atoms with van der Waals surface area (Å²) in [5.74, 6) is 0.543. The first-order valence-corrected chi connectivity index (χ1v) is 10.0. The van der Waals surface area contributed by atoms with Crippen LogP contribution in [0, 0.1) is 6.92 Å². The molecule has 0 saturated carbocycles. The molecular weight excluding hydrogens is 384 g/mol. The molecule has 0 amide bonds. The topological polar surface area (TPSA) is 91.4 Å². The van der Waals surface area contributed by atoms with Gasteiger partial charge >= 0.3 is 0 Å². The van der Waals surface area contributed by atoms with E-state index >= 15 is 0 Å². The lowest BCUT2D eigenvalue weighted by Crippen LogP contribution is -2.12.